The largest absolute Gasteiger partial charge is 0.342 e. The molecule has 19 heavy (non-hydrogen) atoms. The first-order valence-electron chi connectivity index (χ1n) is 6.63. The molecule has 1 saturated carbocycles. The van der Waals surface area contributed by atoms with Crippen LogP contribution in [0.5, 0.6) is 0 Å². The number of fused-ring (bicyclic) bond motifs is 1. The lowest BCUT2D eigenvalue weighted by Gasteiger charge is -2.24. The number of amides is 1. The second-order valence-electron chi connectivity index (χ2n) is 5.67. The molecule has 2 aliphatic rings. The Hall–Kier alpha value is -2.10. The number of aromatic amines is 1. The predicted octanol–water partition coefficient (Wildman–Crippen LogP) is 2.66. The highest BCUT2D eigenvalue weighted by molar-refractivity contribution is 6.00. The van der Waals surface area contributed by atoms with E-state index in [2.05, 4.69) is 21.4 Å². The minimum absolute atomic E-state index is 0.102. The summed E-state index contributed by atoms with van der Waals surface area (Å²) in [6.45, 7) is 1.95. The lowest BCUT2D eigenvalue weighted by Crippen LogP contribution is -2.31. The Morgan fingerprint density at radius 1 is 1.32 bits per heavy atom. The van der Waals surface area contributed by atoms with Crippen LogP contribution in [0.15, 0.2) is 24.4 Å². The highest BCUT2D eigenvalue weighted by Gasteiger charge is 2.51. The zero-order chi connectivity index (χ0) is 13.0. The van der Waals surface area contributed by atoms with Gasteiger partial charge < -0.3 is 10.3 Å². The van der Waals surface area contributed by atoms with Crippen LogP contribution in [0.1, 0.15) is 24.2 Å². The van der Waals surface area contributed by atoms with E-state index < -0.39 is 0 Å². The van der Waals surface area contributed by atoms with E-state index in [1.54, 1.807) is 0 Å². The van der Waals surface area contributed by atoms with Gasteiger partial charge in [0.05, 0.1) is 17.3 Å². The van der Waals surface area contributed by atoms with E-state index in [1.165, 1.54) is 5.56 Å². The van der Waals surface area contributed by atoms with Crippen LogP contribution in [-0.4, -0.2) is 15.9 Å². The smallest absolute Gasteiger partial charge is 0.230 e. The van der Waals surface area contributed by atoms with E-state index in [1.807, 2.05) is 25.3 Å². The van der Waals surface area contributed by atoms with Gasteiger partial charge in [-0.05, 0) is 49.4 Å². The molecule has 2 aromatic rings. The van der Waals surface area contributed by atoms with Gasteiger partial charge in [-0.3, -0.25) is 4.79 Å². The maximum Gasteiger partial charge on any atom is 0.230 e. The van der Waals surface area contributed by atoms with Crippen molar-refractivity contribution in [1.82, 2.24) is 9.97 Å². The van der Waals surface area contributed by atoms with Gasteiger partial charge in [-0.2, -0.15) is 0 Å². The number of hydrogen-bond acceptors (Lipinski definition) is 2. The van der Waals surface area contributed by atoms with E-state index in [0.717, 1.165) is 42.0 Å². The van der Waals surface area contributed by atoms with Gasteiger partial charge in [-0.25, -0.2) is 4.98 Å². The standard InChI is InChI=1S/C15H15N3O/c1-9-16-8-13(17-9)10-2-3-12-11(6-10)7-15(4-5-15)14(19)18-12/h2-3,6,8H,4-5,7H2,1H3,(H,16,17)(H,18,19). The zero-order valence-electron chi connectivity index (χ0n) is 10.8. The average molecular weight is 253 g/mol. The van der Waals surface area contributed by atoms with Crippen molar-refractivity contribution >= 4 is 11.6 Å². The number of anilines is 1. The molecular weight excluding hydrogens is 238 g/mol. The molecule has 0 bridgehead atoms. The molecule has 4 nitrogen and oxygen atoms in total. The molecule has 0 saturated heterocycles. The molecule has 96 valence electrons. The fourth-order valence-corrected chi connectivity index (χ4v) is 2.85. The molecule has 4 heteroatoms. The minimum Gasteiger partial charge on any atom is -0.342 e. The summed E-state index contributed by atoms with van der Waals surface area (Å²) in [5, 5.41) is 3.03. The van der Waals surface area contributed by atoms with Crippen molar-refractivity contribution in [3.63, 3.8) is 0 Å². The number of rotatable bonds is 1. The van der Waals surface area contributed by atoms with Crippen molar-refractivity contribution in [2.24, 2.45) is 5.41 Å². The average Bonchev–Trinajstić information content (AvgIpc) is 3.03. The van der Waals surface area contributed by atoms with E-state index in [0.29, 0.717) is 0 Å². The molecule has 2 heterocycles. The Morgan fingerprint density at radius 2 is 2.16 bits per heavy atom. The first-order valence-corrected chi connectivity index (χ1v) is 6.63. The van der Waals surface area contributed by atoms with E-state index in [-0.39, 0.29) is 11.3 Å². The van der Waals surface area contributed by atoms with Crippen molar-refractivity contribution in [2.45, 2.75) is 26.2 Å². The van der Waals surface area contributed by atoms with Gasteiger partial charge >= 0.3 is 0 Å². The minimum atomic E-state index is -0.102. The lowest BCUT2D eigenvalue weighted by atomic mass is 9.89. The van der Waals surface area contributed by atoms with Crippen molar-refractivity contribution in [3.8, 4) is 11.3 Å². The number of nitrogens with zero attached hydrogens (tertiary/aromatic N) is 1. The Kier molecular flexibility index (Phi) is 1.97. The molecule has 1 aromatic heterocycles. The third kappa shape index (κ3) is 1.59. The van der Waals surface area contributed by atoms with Crippen LogP contribution in [0.3, 0.4) is 0 Å². The number of imidazole rings is 1. The van der Waals surface area contributed by atoms with Gasteiger partial charge in [0.15, 0.2) is 0 Å². The third-order valence-corrected chi connectivity index (χ3v) is 4.23. The number of carbonyl (C=O) groups excluding carboxylic acids is 1. The Morgan fingerprint density at radius 3 is 2.84 bits per heavy atom. The fraction of sp³-hybridized carbons (Fsp3) is 0.333. The Bertz CT molecular complexity index is 682. The van der Waals surface area contributed by atoms with Crippen molar-refractivity contribution in [1.29, 1.82) is 0 Å². The maximum atomic E-state index is 12.0. The molecule has 0 unspecified atom stereocenters. The van der Waals surface area contributed by atoms with Crippen LogP contribution in [0.4, 0.5) is 5.69 Å². The molecule has 1 aromatic carbocycles. The molecule has 1 spiro atoms. The summed E-state index contributed by atoms with van der Waals surface area (Å²) in [7, 11) is 0. The van der Waals surface area contributed by atoms with E-state index >= 15 is 0 Å². The molecule has 4 rings (SSSR count). The molecule has 1 fully saturated rings. The van der Waals surface area contributed by atoms with Crippen LogP contribution in [0.2, 0.25) is 0 Å². The van der Waals surface area contributed by atoms with Crippen LogP contribution in [-0.2, 0) is 11.2 Å². The monoisotopic (exact) mass is 253 g/mol. The highest BCUT2D eigenvalue weighted by atomic mass is 16.2. The summed E-state index contributed by atoms with van der Waals surface area (Å²) < 4.78 is 0. The molecular formula is C15H15N3O. The Balaban J connectivity index is 1.76. The number of nitrogens with one attached hydrogen (secondary N) is 2. The molecule has 0 radical (unpaired) electrons. The predicted molar refractivity (Wildman–Crippen MR) is 72.8 cm³/mol. The summed E-state index contributed by atoms with van der Waals surface area (Å²) in [4.78, 5) is 19.5. The Labute approximate surface area is 111 Å². The maximum absolute atomic E-state index is 12.0. The van der Waals surface area contributed by atoms with Gasteiger partial charge in [0.1, 0.15) is 5.82 Å². The van der Waals surface area contributed by atoms with Crippen LogP contribution >= 0.6 is 0 Å². The first-order chi connectivity index (χ1) is 9.16. The molecule has 2 N–H and O–H groups in total. The fourth-order valence-electron chi connectivity index (χ4n) is 2.85. The van der Waals surface area contributed by atoms with Gasteiger partial charge in [0.25, 0.3) is 0 Å². The van der Waals surface area contributed by atoms with Crippen molar-refractivity contribution < 1.29 is 4.79 Å². The number of aromatic nitrogens is 2. The van der Waals surface area contributed by atoms with Gasteiger partial charge in [0, 0.05) is 5.69 Å². The summed E-state index contributed by atoms with van der Waals surface area (Å²) in [5.41, 5.74) is 4.26. The topological polar surface area (TPSA) is 57.8 Å². The third-order valence-electron chi connectivity index (χ3n) is 4.23. The first kappa shape index (κ1) is 10.8. The van der Waals surface area contributed by atoms with Crippen molar-refractivity contribution in [3.05, 3.63) is 35.8 Å². The highest BCUT2D eigenvalue weighted by Crippen LogP contribution is 2.52. The SMILES string of the molecule is Cc1ncc(-c2ccc3c(c2)CC2(CC2)C(=O)N3)[nH]1. The van der Waals surface area contributed by atoms with Crippen molar-refractivity contribution in [2.75, 3.05) is 5.32 Å². The summed E-state index contributed by atoms with van der Waals surface area (Å²) in [6.07, 6.45) is 4.76. The van der Waals surface area contributed by atoms with Crippen LogP contribution in [0.25, 0.3) is 11.3 Å². The van der Waals surface area contributed by atoms with Crippen LogP contribution < -0.4 is 5.32 Å². The number of hydrogen-bond donors (Lipinski definition) is 2. The quantitative estimate of drug-likeness (QED) is 0.820. The van der Waals surface area contributed by atoms with Gasteiger partial charge in [-0.1, -0.05) is 6.07 Å². The van der Waals surface area contributed by atoms with E-state index in [9.17, 15) is 4.79 Å². The van der Waals surface area contributed by atoms with Gasteiger partial charge in [-0.15, -0.1) is 0 Å². The second kappa shape index (κ2) is 3.47. The normalized spacial score (nSPS) is 19.1. The molecule has 1 aliphatic carbocycles. The lowest BCUT2D eigenvalue weighted by molar-refractivity contribution is -0.121. The molecule has 1 amide bonds. The van der Waals surface area contributed by atoms with E-state index in [4.69, 9.17) is 0 Å². The van der Waals surface area contributed by atoms with Crippen LogP contribution in [0, 0.1) is 12.3 Å². The zero-order valence-corrected chi connectivity index (χ0v) is 10.8. The molecule has 1 aliphatic heterocycles. The summed E-state index contributed by atoms with van der Waals surface area (Å²) in [6, 6.07) is 6.19. The molecule has 0 atom stereocenters. The number of carbonyl (C=O) groups is 1. The summed E-state index contributed by atoms with van der Waals surface area (Å²) in [5.74, 6) is 1.12. The second-order valence-corrected chi connectivity index (χ2v) is 5.67. The number of benzene rings is 1. The number of H-pyrrole nitrogens is 1. The summed E-state index contributed by atoms with van der Waals surface area (Å²) >= 11 is 0. The number of aryl methyl sites for hydroxylation is 1. The van der Waals surface area contributed by atoms with Gasteiger partial charge in [0.2, 0.25) is 5.91 Å².